The highest BCUT2D eigenvalue weighted by Gasteiger charge is 2.39. The number of aromatic hydroxyl groups is 1. The molecule has 0 aromatic heterocycles. The Hall–Kier alpha value is -4.63. The number of carbonyl (C=O) groups is 4. The van der Waals surface area contributed by atoms with E-state index < -0.39 is 23.7 Å². The van der Waals surface area contributed by atoms with Crippen LogP contribution in [0.5, 0.6) is 5.75 Å². The molecule has 0 fully saturated rings. The maximum atomic E-state index is 13.2. The van der Waals surface area contributed by atoms with Crippen molar-refractivity contribution >= 4 is 52.4 Å². The number of carbonyl (C=O) groups excluding carboxylic acids is 4. The van der Waals surface area contributed by atoms with Crippen LogP contribution in [0.3, 0.4) is 0 Å². The van der Waals surface area contributed by atoms with E-state index in [1.807, 2.05) is 0 Å². The van der Waals surface area contributed by atoms with Gasteiger partial charge in [0.1, 0.15) is 16.5 Å². The van der Waals surface area contributed by atoms with Gasteiger partial charge in [-0.25, -0.2) is 9.69 Å². The summed E-state index contributed by atoms with van der Waals surface area (Å²) in [5, 5.41) is 14.7. The topological polar surface area (TPSA) is 125 Å². The Labute approximate surface area is 217 Å². The number of esters is 1. The van der Waals surface area contributed by atoms with Crippen LogP contribution in [-0.2, 0) is 14.3 Å². The van der Waals surface area contributed by atoms with Crippen molar-refractivity contribution in [2.75, 3.05) is 15.5 Å². The van der Waals surface area contributed by atoms with Crippen LogP contribution in [-0.4, -0.2) is 34.9 Å². The van der Waals surface area contributed by atoms with Gasteiger partial charge in [-0.3, -0.25) is 14.4 Å². The zero-order valence-electron chi connectivity index (χ0n) is 19.8. The Morgan fingerprint density at radius 3 is 2.30 bits per heavy atom. The van der Waals surface area contributed by atoms with Gasteiger partial charge in [0, 0.05) is 23.0 Å². The molecule has 0 saturated carbocycles. The van der Waals surface area contributed by atoms with Gasteiger partial charge in [-0.05, 0) is 62.4 Å². The number of ether oxygens (including phenoxy) is 1. The number of phenolic OH excluding ortho intramolecular Hbond substituents is 1. The SMILES string of the molecule is CC(C)OC(=O)c1cccc(N2C(=O)C(Cl)=C(Nc3cccc(C(=O)Nc4cccc(O)c4)c3)C2=O)c1. The van der Waals surface area contributed by atoms with Crippen molar-refractivity contribution < 1.29 is 29.0 Å². The third kappa shape index (κ3) is 5.62. The molecule has 0 atom stereocenters. The largest absolute Gasteiger partial charge is 0.508 e. The van der Waals surface area contributed by atoms with E-state index >= 15 is 0 Å². The van der Waals surface area contributed by atoms with E-state index in [0.717, 1.165) is 4.90 Å². The van der Waals surface area contributed by atoms with Crippen LogP contribution in [0.15, 0.2) is 83.5 Å². The average Bonchev–Trinajstić information content (AvgIpc) is 3.07. The van der Waals surface area contributed by atoms with Crippen LogP contribution in [0.25, 0.3) is 0 Å². The van der Waals surface area contributed by atoms with Crippen molar-refractivity contribution in [2.24, 2.45) is 0 Å². The first-order valence-corrected chi connectivity index (χ1v) is 11.6. The van der Waals surface area contributed by atoms with Gasteiger partial charge in [0.25, 0.3) is 17.7 Å². The zero-order valence-corrected chi connectivity index (χ0v) is 20.6. The number of hydrogen-bond acceptors (Lipinski definition) is 7. The Kier molecular flexibility index (Phi) is 7.26. The van der Waals surface area contributed by atoms with Gasteiger partial charge in [0.2, 0.25) is 0 Å². The fraction of sp³-hybridized carbons (Fsp3) is 0.111. The van der Waals surface area contributed by atoms with Gasteiger partial charge in [-0.15, -0.1) is 0 Å². The molecule has 0 saturated heterocycles. The summed E-state index contributed by atoms with van der Waals surface area (Å²) in [5.41, 5.74) is 1.16. The smallest absolute Gasteiger partial charge is 0.338 e. The molecular weight excluding hydrogens is 498 g/mol. The number of hydrogen-bond donors (Lipinski definition) is 3. The lowest BCUT2D eigenvalue weighted by Gasteiger charge is -2.16. The van der Waals surface area contributed by atoms with Crippen LogP contribution >= 0.6 is 11.6 Å². The highest BCUT2D eigenvalue weighted by molar-refractivity contribution is 6.53. The lowest BCUT2D eigenvalue weighted by Crippen LogP contribution is -2.32. The highest BCUT2D eigenvalue weighted by atomic mass is 35.5. The van der Waals surface area contributed by atoms with Crippen LogP contribution in [0, 0.1) is 0 Å². The minimum Gasteiger partial charge on any atom is -0.508 e. The molecule has 0 aliphatic carbocycles. The molecule has 3 aromatic rings. The molecule has 4 rings (SSSR count). The molecule has 0 radical (unpaired) electrons. The van der Waals surface area contributed by atoms with Gasteiger partial charge >= 0.3 is 5.97 Å². The summed E-state index contributed by atoms with van der Waals surface area (Å²) in [7, 11) is 0. The second kappa shape index (κ2) is 10.5. The number of phenols is 1. The van der Waals surface area contributed by atoms with E-state index in [9.17, 15) is 24.3 Å². The van der Waals surface area contributed by atoms with Crippen molar-refractivity contribution in [3.63, 3.8) is 0 Å². The first kappa shape index (κ1) is 25.5. The number of imide groups is 1. The Balaban J connectivity index is 1.53. The van der Waals surface area contributed by atoms with Crippen molar-refractivity contribution in [3.05, 3.63) is 94.7 Å². The lowest BCUT2D eigenvalue weighted by atomic mass is 10.1. The molecule has 3 amide bonds. The molecule has 1 aliphatic heterocycles. The summed E-state index contributed by atoms with van der Waals surface area (Å²) >= 11 is 6.22. The summed E-state index contributed by atoms with van der Waals surface area (Å²) in [6, 6.07) is 18.3. The predicted octanol–water partition coefficient (Wildman–Crippen LogP) is 4.65. The number of nitrogens with one attached hydrogen (secondary N) is 2. The van der Waals surface area contributed by atoms with E-state index in [-0.39, 0.29) is 39.4 Å². The molecule has 3 aromatic carbocycles. The molecule has 0 unspecified atom stereocenters. The number of nitrogens with zero attached hydrogens (tertiary/aromatic N) is 1. The van der Waals surface area contributed by atoms with Crippen LogP contribution < -0.4 is 15.5 Å². The summed E-state index contributed by atoms with van der Waals surface area (Å²) in [6.45, 7) is 3.42. The summed E-state index contributed by atoms with van der Waals surface area (Å²) in [5.74, 6) is -2.52. The molecule has 0 bridgehead atoms. The van der Waals surface area contributed by atoms with Gasteiger partial charge in [-0.2, -0.15) is 0 Å². The second-order valence-corrected chi connectivity index (χ2v) is 8.73. The Morgan fingerprint density at radius 1 is 0.892 bits per heavy atom. The van der Waals surface area contributed by atoms with Crippen molar-refractivity contribution in [3.8, 4) is 5.75 Å². The molecule has 188 valence electrons. The molecule has 9 nitrogen and oxygen atoms in total. The van der Waals surface area contributed by atoms with E-state index in [1.54, 1.807) is 44.2 Å². The van der Waals surface area contributed by atoms with Gasteiger partial charge in [0.15, 0.2) is 0 Å². The highest BCUT2D eigenvalue weighted by Crippen LogP contribution is 2.31. The fourth-order valence-electron chi connectivity index (χ4n) is 3.57. The Bertz CT molecular complexity index is 1450. The van der Waals surface area contributed by atoms with Gasteiger partial charge in [-0.1, -0.05) is 29.8 Å². The Morgan fingerprint density at radius 2 is 1.57 bits per heavy atom. The summed E-state index contributed by atoms with van der Waals surface area (Å²) in [6.07, 6.45) is -0.337. The third-order valence-electron chi connectivity index (χ3n) is 5.21. The summed E-state index contributed by atoms with van der Waals surface area (Å²) < 4.78 is 5.18. The number of halogens is 1. The fourth-order valence-corrected chi connectivity index (χ4v) is 3.78. The lowest BCUT2D eigenvalue weighted by molar-refractivity contribution is -0.120. The third-order valence-corrected chi connectivity index (χ3v) is 5.56. The standard InChI is InChI=1S/C27H22ClN3O6/c1-15(2)37-27(36)17-7-4-10-20(13-17)31-25(34)22(28)23(26(31)35)29-18-8-3-6-16(12-18)24(33)30-19-9-5-11-21(32)14-19/h3-15,29,32H,1-2H3,(H,30,33). The van der Waals surface area contributed by atoms with Gasteiger partial charge < -0.3 is 20.5 Å². The van der Waals surface area contributed by atoms with Crippen LogP contribution in [0.1, 0.15) is 34.6 Å². The van der Waals surface area contributed by atoms with Crippen molar-refractivity contribution in [1.29, 1.82) is 0 Å². The number of rotatable bonds is 7. The zero-order chi connectivity index (χ0) is 26.7. The number of amides is 3. The minimum absolute atomic E-state index is 0.00566. The maximum absolute atomic E-state index is 13.2. The first-order chi connectivity index (χ1) is 17.6. The second-order valence-electron chi connectivity index (χ2n) is 8.35. The van der Waals surface area contributed by atoms with Crippen LogP contribution in [0.4, 0.5) is 17.1 Å². The van der Waals surface area contributed by atoms with E-state index in [1.165, 1.54) is 42.5 Å². The molecule has 10 heteroatoms. The first-order valence-electron chi connectivity index (χ1n) is 11.2. The monoisotopic (exact) mass is 519 g/mol. The number of benzene rings is 3. The van der Waals surface area contributed by atoms with Crippen LogP contribution in [0.2, 0.25) is 0 Å². The average molecular weight is 520 g/mol. The van der Waals surface area contributed by atoms with E-state index in [4.69, 9.17) is 16.3 Å². The van der Waals surface area contributed by atoms with E-state index in [0.29, 0.717) is 11.4 Å². The summed E-state index contributed by atoms with van der Waals surface area (Å²) in [4.78, 5) is 51.8. The molecule has 1 aliphatic rings. The number of anilines is 3. The molecule has 3 N–H and O–H groups in total. The van der Waals surface area contributed by atoms with Crippen molar-refractivity contribution in [2.45, 2.75) is 20.0 Å². The molecule has 37 heavy (non-hydrogen) atoms. The minimum atomic E-state index is -0.763. The molecule has 0 spiro atoms. The predicted molar refractivity (Wildman–Crippen MR) is 138 cm³/mol. The maximum Gasteiger partial charge on any atom is 0.338 e. The van der Waals surface area contributed by atoms with Crippen molar-refractivity contribution in [1.82, 2.24) is 0 Å². The molecular formula is C27H22ClN3O6. The molecule has 1 heterocycles. The van der Waals surface area contributed by atoms with Gasteiger partial charge in [0.05, 0.1) is 17.4 Å². The van der Waals surface area contributed by atoms with E-state index in [2.05, 4.69) is 10.6 Å². The quantitative estimate of drug-likeness (QED) is 0.306. The normalized spacial score (nSPS) is 13.2.